The van der Waals surface area contributed by atoms with Gasteiger partial charge in [0.1, 0.15) is 11.8 Å². The molecule has 8 nitrogen and oxygen atoms in total. The monoisotopic (exact) mass is 427 g/mol. The summed E-state index contributed by atoms with van der Waals surface area (Å²) in [6.07, 6.45) is 2.71. The van der Waals surface area contributed by atoms with Crippen molar-refractivity contribution in [3.05, 3.63) is 52.8 Å². The van der Waals surface area contributed by atoms with Crippen LogP contribution >= 0.6 is 0 Å². The van der Waals surface area contributed by atoms with Crippen LogP contribution in [0.15, 0.2) is 40.3 Å². The van der Waals surface area contributed by atoms with Gasteiger partial charge in [-0.1, -0.05) is 17.7 Å². The molecule has 0 radical (unpaired) electrons. The van der Waals surface area contributed by atoms with Gasteiger partial charge in [-0.2, -0.15) is 14.7 Å². The zero-order chi connectivity index (χ0) is 21.9. The number of sulfonamides is 1. The lowest BCUT2D eigenvalue weighted by atomic mass is 9.99. The molecule has 1 saturated heterocycles. The van der Waals surface area contributed by atoms with Crippen molar-refractivity contribution in [3.8, 4) is 6.07 Å². The van der Waals surface area contributed by atoms with E-state index >= 15 is 0 Å². The summed E-state index contributed by atoms with van der Waals surface area (Å²) in [6.45, 7) is 4.28. The summed E-state index contributed by atoms with van der Waals surface area (Å²) in [5.41, 5.74) is 5.60. The Kier molecular flexibility index (Phi) is 6.39. The normalized spacial score (nSPS) is 17.7. The molecule has 1 aromatic carbocycles. The first kappa shape index (κ1) is 21.7. The predicted octanol–water partition coefficient (Wildman–Crippen LogP) is 2.06. The Morgan fingerprint density at radius 2 is 2.00 bits per heavy atom. The van der Waals surface area contributed by atoms with E-state index in [0.717, 1.165) is 16.8 Å². The second-order valence-corrected chi connectivity index (χ2v) is 9.43. The van der Waals surface area contributed by atoms with Gasteiger partial charge in [0, 0.05) is 31.4 Å². The van der Waals surface area contributed by atoms with Crippen LogP contribution in [0.5, 0.6) is 0 Å². The fourth-order valence-electron chi connectivity index (χ4n) is 3.45. The van der Waals surface area contributed by atoms with Gasteiger partial charge in [-0.3, -0.25) is 4.79 Å². The van der Waals surface area contributed by atoms with Crippen molar-refractivity contribution in [2.75, 3.05) is 13.1 Å². The third-order valence-electron chi connectivity index (χ3n) is 5.48. The van der Waals surface area contributed by atoms with E-state index in [4.69, 9.17) is 5.26 Å². The summed E-state index contributed by atoms with van der Waals surface area (Å²) in [4.78, 5) is 12.8. The lowest BCUT2D eigenvalue weighted by molar-refractivity contribution is -0.126. The number of hydrogen-bond donors (Lipinski definition) is 1. The number of benzene rings is 1. The van der Waals surface area contributed by atoms with Gasteiger partial charge in [-0.15, -0.1) is 0 Å². The second-order valence-electron chi connectivity index (χ2n) is 7.49. The first-order valence-corrected chi connectivity index (χ1v) is 11.1. The molecule has 1 N–H and O–H groups in total. The Morgan fingerprint density at radius 1 is 1.30 bits per heavy atom. The number of carbonyl (C=O) groups is 1. The van der Waals surface area contributed by atoms with Crippen LogP contribution in [0.1, 0.15) is 35.4 Å². The van der Waals surface area contributed by atoms with Gasteiger partial charge in [0.05, 0.1) is 17.0 Å². The maximum atomic E-state index is 12.9. The van der Waals surface area contributed by atoms with Crippen LogP contribution in [0.4, 0.5) is 0 Å². The maximum Gasteiger partial charge on any atom is 0.244 e. The molecule has 9 heteroatoms. The van der Waals surface area contributed by atoms with E-state index in [2.05, 4.69) is 16.6 Å². The molecule has 0 aliphatic carbocycles. The molecule has 1 amide bonds. The summed E-state index contributed by atoms with van der Waals surface area (Å²) in [7, 11) is -1.85. The van der Waals surface area contributed by atoms with E-state index < -0.39 is 15.9 Å². The number of rotatable bonds is 5. The van der Waals surface area contributed by atoms with Crippen LogP contribution in [-0.2, 0) is 21.9 Å². The van der Waals surface area contributed by atoms with Crippen LogP contribution < -0.4 is 5.43 Å². The molecule has 2 heterocycles. The molecule has 1 atom stereocenters. The molecule has 1 fully saturated rings. The minimum atomic E-state index is -3.64. The van der Waals surface area contributed by atoms with Gasteiger partial charge in [0.15, 0.2) is 0 Å². The number of nitriles is 1. The van der Waals surface area contributed by atoms with Gasteiger partial charge < -0.3 is 4.57 Å². The van der Waals surface area contributed by atoms with Crippen LogP contribution in [0.3, 0.4) is 0 Å². The van der Waals surface area contributed by atoms with Crippen molar-refractivity contribution in [1.29, 1.82) is 5.26 Å². The summed E-state index contributed by atoms with van der Waals surface area (Å²) in [6, 6.07) is 10.5. The van der Waals surface area contributed by atoms with E-state index in [-0.39, 0.29) is 17.3 Å². The largest absolute Gasteiger partial charge is 0.339 e. The zero-order valence-corrected chi connectivity index (χ0v) is 18.1. The number of aryl methyl sites for hydroxylation is 1. The van der Waals surface area contributed by atoms with Crippen LogP contribution in [0.2, 0.25) is 0 Å². The highest BCUT2D eigenvalue weighted by Crippen LogP contribution is 2.24. The minimum absolute atomic E-state index is 0.126. The van der Waals surface area contributed by atoms with Crippen molar-refractivity contribution >= 4 is 22.1 Å². The molecule has 3 rings (SSSR count). The summed E-state index contributed by atoms with van der Waals surface area (Å²) < 4.78 is 28.9. The summed E-state index contributed by atoms with van der Waals surface area (Å²) >= 11 is 0. The molecule has 158 valence electrons. The molecule has 0 bridgehead atoms. The molecule has 1 aliphatic rings. The smallest absolute Gasteiger partial charge is 0.244 e. The lowest BCUT2D eigenvalue weighted by Crippen LogP contribution is -2.44. The average Bonchev–Trinajstić information content (AvgIpc) is 3.02. The third kappa shape index (κ3) is 4.45. The Hall–Kier alpha value is -2.96. The van der Waals surface area contributed by atoms with Crippen LogP contribution in [0, 0.1) is 31.1 Å². The van der Waals surface area contributed by atoms with E-state index in [0.29, 0.717) is 25.1 Å². The second kappa shape index (κ2) is 8.81. The Bertz CT molecular complexity index is 1110. The van der Waals surface area contributed by atoms with Gasteiger partial charge in [0.25, 0.3) is 0 Å². The lowest BCUT2D eigenvalue weighted by Gasteiger charge is -2.30. The van der Waals surface area contributed by atoms with Crippen molar-refractivity contribution in [1.82, 2.24) is 14.3 Å². The Balaban J connectivity index is 1.66. The molecular formula is C21H25N5O3S. The van der Waals surface area contributed by atoms with E-state index in [9.17, 15) is 13.2 Å². The van der Waals surface area contributed by atoms with Gasteiger partial charge in [-0.25, -0.2) is 13.8 Å². The van der Waals surface area contributed by atoms with E-state index in [1.807, 2.05) is 13.8 Å². The summed E-state index contributed by atoms with van der Waals surface area (Å²) in [5, 5.41) is 13.1. The fraction of sp³-hybridized carbons (Fsp3) is 0.381. The topological polar surface area (TPSA) is 108 Å². The number of hydrogen-bond acceptors (Lipinski definition) is 5. The SMILES string of the molecule is Cc1ccc(S(=O)(=O)N2CCCC(C(=O)NN=Cc3cc(C#N)n(C)c3C)C2)cc1. The number of nitrogens with zero attached hydrogens (tertiary/aromatic N) is 4. The van der Waals surface area contributed by atoms with Gasteiger partial charge in [0.2, 0.25) is 15.9 Å². The molecule has 2 aromatic rings. The standard InChI is InChI=1S/C21H25N5O3S/c1-15-6-8-20(9-7-15)30(28,29)26-10-4-5-17(14-26)21(27)24-23-13-18-11-19(12-22)25(3)16(18)2/h6-9,11,13,17H,4-5,10,14H2,1-3H3,(H,24,27). The van der Waals surface area contributed by atoms with Gasteiger partial charge >= 0.3 is 0 Å². The highest BCUT2D eigenvalue weighted by Gasteiger charge is 2.33. The minimum Gasteiger partial charge on any atom is -0.339 e. The average molecular weight is 428 g/mol. The molecule has 0 spiro atoms. The number of aromatic nitrogens is 1. The molecule has 0 saturated carbocycles. The van der Waals surface area contributed by atoms with E-state index in [1.54, 1.807) is 41.9 Å². The van der Waals surface area contributed by atoms with E-state index in [1.165, 1.54) is 10.5 Å². The highest BCUT2D eigenvalue weighted by atomic mass is 32.2. The van der Waals surface area contributed by atoms with Crippen molar-refractivity contribution in [3.63, 3.8) is 0 Å². The number of carbonyl (C=O) groups excluding carboxylic acids is 1. The first-order chi connectivity index (χ1) is 14.2. The number of piperidine rings is 1. The molecular weight excluding hydrogens is 402 g/mol. The summed E-state index contributed by atoms with van der Waals surface area (Å²) in [5.74, 6) is -0.785. The molecule has 30 heavy (non-hydrogen) atoms. The van der Waals surface area contributed by atoms with Gasteiger partial charge in [-0.05, 0) is 44.9 Å². The van der Waals surface area contributed by atoms with Crippen molar-refractivity contribution in [2.24, 2.45) is 18.1 Å². The maximum absolute atomic E-state index is 12.9. The van der Waals surface area contributed by atoms with Crippen molar-refractivity contribution < 1.29 is 13.2 Å². The van der Waals surface area contributed by atoms with Crippen molar-refractivity contribution in [2.45, 2.75) is 31.6 Å². The third-order valence-corrected chi connectivity index (χ3v) is 7.36. The van der Waals surface area contributed by atoms with Crippen LogP contribution in [0.25, 0.3) is 0 Å². The zero-order valence-electron chi connectivity index (χ0n) is 17.3. The molecule has 1 aromatic heterocycles. The fourth-order valence-corrected chi connectivity index (χ4v) is 4.98. The van der Waals surface area contributed by atoms with Crippen LogP contribution in [-0.4, -0.2) is 42.5 Å². The predicted molar refractivity (Wildman–Crippen MR) is 113 cm³/mol. The molecule has 1 aliphatic heterocycles. The highest BCUT2D eigenvalue weighted by molar-refractivity contribution is 7.89. The number of nitrogens with one attached hydrogen (secondary N) is 1. The first-order valence-electron chi connectivity index (χ1n) is 9.70. The number of amides is 1. The Labute approximate surface area is 176 Å². The molecule has 1 unspecified atom stereocenters. The quantitative estimate of drug-likeness (QED) is 0.582. The Morgan fingerprint density at radius 3 is 2.63 bits per heavy atom. The number of hydrazone groups is 1.